The van der Waals surface area contributed by atoms with E-state index in [9.17, 15) is 9.59 Å². The van der Waals surface area contributed by atoms with Gasteiger partial charge in [-0.3, -0.25) is 14.2 Å². The van der Waals surface area contributed by atoms with Crippen LogP contribution in [-0.2, 0) is 28.9 Å². The lowest BCUT2D eigenvalue weighted by atomic mass is 9.98. The maximum Gasteiger partial charge on any atom is 0.257 e. The van der Waals surface area contributed by atoms with Crippen molar-refractivity contribution in [2.75, 3.05) is 13.2 Å². The Morgan fingerprint density at radius 2 is 1.74 bits per heavy atom. The molecule has 1 saturated heterocycles. The summed E-state index contributed by atoms with van der Waals surface area (Å²) in [5, 5.41) is 14.3. The molecule has 10 nitrogen and oxygen atoms in total. The van der Waals surface area contributed by atoms with Crippen LogP contribution in [0, 0.1) is 6.92 Å². The van der Waals surface area contributed by atoms with Crippen LogP contribution in [-0.4, -0.2) is 66.3 Å². The first-order valence-electron chi connectivity index (χ1n) is 14.8. The van der Waals surface area contributed by atoms with Crippen molar-refractivity contribution in [1.29, 1.82) is 0 Å². The van der Waals surface area contributed by atoms with Crippen molar-refractivity contribution in [3.8, 4) is 22.5 Å². The van der Waals surface area contributed by atoms with Crippen LogP contribution < -0.4 is 5.56 Å². The number of H-pyrrole nitrogens is 1. The van der Waals surface area contributed by atoms with Gasteiger partial charge in [0, 0.05) is 29.7 Å². The van der Waals surface area contributed by atoms with E-state index in [1.54, 1.807) is 4.57 Å². The number of carbonyl (C=O) groups is 1. The number of unbranched alkanes of at least 4 members (excludes halogenated alkanes) is 1. The van der Waals surface area contributed by atoms with Crippen LogP contribution in [0.5, 0.6) is 0 Å². The summed E-state index contributed by atoms with van der Waals surface area (Å²) >= 11 is 0. The van der Waals surface area contributed by atoms with E-state index in [0.717, 1.165) is 47.3 Å². The van der Waals surface area contributed by atoms with Gasteiger partial charge in [0.05, 0.1) is 31.8 Å². The van der Waals surface area contributed by atoms with Crippen molar-refractivity contribution >= 4 is 5.91 Å². The van der Waals surface area contributed by atoms with Crippen LogP contribution >= 0.6 is 0 Å². The average Bonchev–Trinajstić information content (AvgIpc) is 3.53. The van der Waals surface area contributed by atoms with Gasteiger partial charge in [0.15, 0.2) is 5.82 Å². The summed E-state index contributed by atoms with van der Waals surface area (Å²) in [5.41, 5.74) is 5.22. The van der Waals surface area contributed by atoms with Gasteiger partial charge >= 0.3 is 0 Å². The molecule has 1 aliphatic rings. The molecule has 10 heteroatoms. The summed E-state index contributed by atoms with van der Waals surface area (Å²) in [6, 6.07) is 16.2. The van der Waals surface area contributed by atoms with Crippen molar-refractivity contribution in [2.24, 2.45) is 0 Å². The molecule has 1 N–H and O–H groups in total. The number of rotatable bonds is 10. The number of tetrazole rings is 1. The zero-order valence-corrected chi connectivity index (χ0v) is 24.8. The number of aromatic nitrogens is 6. The van der Waals surface area contributed by atoms with E-state index in [-0.39, 0.29) is 30.0 Å². The standard InChI is InChI=1S/C32H39N7O3/c1-5-6-11-29-33-23(4)26(16-17-30(40)39-21(2)19-42-20-22(39)3)32(41)38(29)18-24-12-14-25(15-13-24)27-9-7-8-10-28(27)31-34-36-37-35-31/h7-10,12-15,21-22H,5-6,11,16-20H2,1-4H3,(H,34,35,36,37). The molecule has 1 fully saturated rings. The van der Waals surface area contributed by atoms with E-state index < -0.39 is 0 Å². The molecule has 2 aromatic heterocycles. The molecule has 4 aromatic rings. The Morgan fingerprint density at radius 3 is 2.40 bits per heavy atom. The maximum atomic E-state index is 13.9. The molecule has 1 aliphatic heterocycles. The van der Waals surface area contributed by atoms with Crippen LogP contribution in [0.4, 0.5) is 0 Å². The molecule has 5 rings (SSSR count). The fraction of sp³-hybridized carbons (Fsp3) is 0.438. The number of morpholine rings is 1. The van der Waals surface area contributed by atoms with Crippen LogP contribution in [0.3, 0.4) is 0 Å². The Hall–Kier alpha value is -4.18. The summed E-state index contributed by atoms with van der Waals surface area (Å²) < 4.78 is 7.38. The lowest BCUT2D eigenvalue weighted by Crippen LogP contribution is -2.52. The van der Waals surface area contributed by atoms with Gasteiger partial charge in [0.1, 0.15) is 5.82 Å². The number of benzene rings is 2. The summed E-state index contributed by atoms with van der Waals surface area (Å²) in [6.07, 6.45) is 3.33. The predicted molar refractivity (Wildman–Crippen MR) is 161 cm³/mol. The summed E-state index contributed by atoms with van der Waals surface area (Å²) in [4.78, 5) is 33.9. The van der Waals surface area contributed by atoms with E-state index in [4.69, 9.17) is 9.72 Å². The normalized spacial score (nSPS) is 17.0. The number of aryl methyl sites for hydroxylation is 2. The molecule has 0 aliphatic carbocycles. The molecule has 2 aromatic carbocycles. The van der Waals surface area contributed by atoms with Gasteiger partial charge in [-0.05, 0) is 60.7 Å². The Balaban J connectivity index is 1.40. The first-order valence-corrected chi connectivity index (χ1v) is 14.8. The van der Waals surface area contributed by atoms with Gasteiger partial charge in [-0.1, -0.05) is 61.9 Å². The van der Waals surface area contributed by atoms with E-state index in [1.165, 1.54) is 0 Å². The maximum absolute atomic E-state index is 13.9. The Bertz CT molecular complexity index is 1550. The number of amides is 1. The Kier molecular flexibility index (Phi) is 9.22. The number of ether oxygens (including phenoxy) is 1. The predicted octanol–water partition coefficient (Wildman–Crippen LogP) is 4.36. The zero-order valence-electron chi connectivity index (χ0n) is 24.8. The highest BCUT2D eigenvalue weighted by Gasteiger charge is 2.29. The van der Waals surface area contributed by atoms with Crippen LogP contribution in [0.2, 0.25) is 0 Å². The van der Waals surface area contributed by atoms with Gasteiger partial charge < -0.3 is 9.64 Å². The topological polar surface area (TPSA) is 119 Å². The molecular weight excluding hydrogens is 530 g/mol. The number of aromatic amines is 1. The quantitative estimate of drug-likeness (QED) is 0.301. The number of hydrogen-bond donors (Lipinski definition) is 1. The minimum absolute atomic E-state index is 0.0240. The molecular formula is C32H39N7O3. The number of carbonyl (C=O) groups excluding carboxylic acids is 1. The van der Waals surface area contributed by atoms with Gasteiger partial charge in [-0.15, -0.1) is 5.10 Å². The minimum Gasteiger partial charge on any atom is -0.377 e. The third-order valence-electron chi connectivity index (χ3n) is 7.98. The molecule has 3 heterocycles. The van der Waals surface area contributed by atoms with E-state index in [0.29, 0.717) is 43.3 Å². The monoisotopic (exact) mass is 569 g/mol. The number of nitrogens with one attached hydrogen (secondary N) is 1. The van der Waals surface area contributed by atoms with Gasteiger partial charge in [0.25, 0.3) is 5.56 Å². The fourth-order valence-corrected chi connectivity index (χ4v) is 5.78. The first-order chi connectivity index (χ1) is 20.4. The minimum atomic E-state index is -0.0586. The van der Waals surface area contributed by atoms with Gasteiger partial charge in [0.2, 0.25) is 5.91 Å². The van der Waals surface area contributed by atoms with Gasteiger partial charge in [-0.25, -0.2) is 10.1 Å². The van der Waals surface area contributed by atoms with Gasteiger partial charge in [-0.2, -0.15) is 0 Å². The Labute approximate surface area is 246 Å². The highest BCUT2D eigenvalue weighted by molar-refractivity contribution is 5.80. The lowest BCUT2D eigenvalue weighted by Gasteiger charge is -2.39. The molecule has 0 saturated carbocycles. The second-order valence-corrected chi connectivity index (χ2v) is 11.1. The number of nitrogens with zero attached hydrogens (tertiary/aromatic N) is 6. The molecule has 0 radical (unpaired) electrons. The van der Waals surface area contributed by atoms with Crippen molar-refractivity contribution in [2.45, 2.75) is 78.4 Å². The van der Waals surface area contributed by atoms with Crippen molar-refractivity contribution < 1.29 is 9.53 Å². The van der Waals surface area contributed by atoms with Crippen LogP contribution in [0.25, 0.3) is 22.5 Å². The van der Waals surface area contributed by atoms with Crippen LogP contribution in [0.15, 0.2) is 53.3 Å². The lowest BCUT2D eigenvalue weighted by molar-refractivity contribution is -0.144. The van der Waals surface area contributed by atoms with E-state index >= 15 is 0 Å². The largest absolute Gasteiger partial charge is 0.377 e. The fourth-order valence-electron chi connectivity index (χ4n) is 5.78. The third kappa shape index (κ3) is 6.33. The van der Waals surface area contributed by atoms with Crippen molar-refractivity contribution in [3.63, 3.8) is 0 Å². The van der Waals surface area contributed by atoms with E-state index in [1.807, 2.05) is 62.1 Å². The summed E-state index contributed by atoms with van der Waals surface area (Å²) in [5.74, 6) is 1.45. The molecule has 220 valence electrons. The number of hydrogen-bond acceptors (Lipinski definition) is 7. The average molecular weight is 570 g/mol. The van der Waals surface area contributed by atoms with Crippen LogP contribution in [0.1, 0.15) is 62.7 Å². The summed E-state index contributed by atoms with van der Waals surface area (Å²) in [7, 11) is 0. The third-order valence-corrected chi connectivity index (χ3v) is 7.98. The smallest absolute Gasteiger partial charge is 0.257 e. The molecule has 0 spiro atoms. The zero-order chi connectivity index (χ0) is 29.6. The molecule has 1 amide bonds. The highest BCUT2D eigenvalue weighted by atomic mass is 16.5. The van der Waals surface area contributed by atoms with E-state index in [2.05, 4.69) is 39.7 Å². The molecule has 2 unspecified atom stereocenters. The highest BCUT2D eigenvalue weighted by Crippen LogP contribution is 2.30. The SMILES string of the molecule is CCCCc1nc(C)c(CCC(=O)N2C(C)COCC2C)c(=O)n1Cc1ccc(-c2ccccc2-c2nnn[nH]2)cc1. The molecule has 42 heavy (non-hydrogen) atoms. The second kappa shape index (κ2) is 13.2. The first kappa shape index (κ1) is 29.3. The Morgan fingerprint density at radius 1 is 1.02 bits per heavy atom. The molecule has 2 atom stereocenters. The van der Waals surface area contributed by atoms with Crippen molar-refractivity contribution in [1.82, 2.24) is 35.1 Å². The summed E-state index contributed by atoms with van der Waals surface area (Å²) in [6.45, 7) is 9.52. The van der Waals surface area contributed by atoms with Crippen molar-refractivity contribution in [3.05, 3.63) is 81.5 Å². The second-order valence-electron chi connectivity index (χ2n) is 11.1. The molecule has 0 bridgehead atoms.